The Morgan fingerprint density at radius 2 is 2.11 bits per heavy atom. The Hall–Kier alpha value is -1.80. The summed E-state index contributed by atoms with van der Waals surface area (Å²) in [5.74, 6) is 0. The average Bonchev–Trinajstić information content (AvgIpc) is 2.74. The smallest absolute Gasteiger partial charge is 0.103 e. The predicted molar refractivity (Wildman–Crippen MR) is 79.1 cm³/mol. The third kappa shape index (κ3) is 2.24. The van der Waals surface area contributed by atoms with Crippen LogP contribution in [0, 0.1) is 11.3 Å². The van der Waals surface area contributed by atoms with Crippen molar-refractivity contribution in [3.05, 3.63) is 39.6 Å². The Balaban J connectivity index is 2.73. The van der Waals surface area contributed by atoms with Crippen molar-refractivity contribution in [2.75, 3.05) is 5.73 Å². The molecule has 5 heteroatoms. The van der Waals surface area contributed by atoms with Crippen LogP contribution in [0.2, 0.25) is 0 Å². The Bertz CT molecular complexity index is 652. The second kappa shape index (κ2) is 5.45. The van der Waals surface area contributed by atoms with Gasteiger partial charge in [0, 0.05) is 4.47 Å². The minimum Gasteiger partial charge on any atom is -0.396 e. The molecule has 2 rings (SSSR count). The van der Waals surface area contributed by atoms with Gasteiger partial charge in [0.25, 0.3) is 0 Å². The van der Waals surface area contributed by atoms with Crippen LogP contribution in [0.1, 0.15) is 30.8 Å². The second-order valence-corrected chi connectivity index (χ2v) is 5.03. The molecule has 98 valence electrons. The molecule has 0 bridgehead atoms. The maximum Gasteiger partial charge on any atom is 0.103 e. The summed E-state index contributed by atoms with van der Waals surface area (Å²) < 4.78 is 2.55. The van der Waals surface area contributed by atoms with Gasteiger partial charge in [-0.15, -0.1) is 0 Å². The summed E-state index contributed by atoms with van der Waals surface area (Å²) in [6, 6.07) is 7.84. The summed E-state index contributed by atoms with van der Waals surface area (Å²) in [6.45, 7) is 4.06. The highest BCUT2D eigenvalue weighted by molar-refractivity contribution is 9.10. The fourth-order valence-corrected chi connectivity index (χ4v) is 2.56. The summed E-state index contributed by atoms with van der Waals surface area (Å²) in [6.07, 6.45) is 1.55. The number of hydrogen-bond donors (Lipinski definition) is 1. The van der Waals surface area contributed by atoms with Gasteiger partial charge in [0.1, 0.15) is 6.07 Å². The number of rotatable bonds is 3. The van der Waals surface area contributed by atoms with Crippen LogP contribution >= 0.6 is 15.9 Å². The molecular formula is C14H15BrN4. The minimum atomic E-state index is 0.572. The van der Waals surface area contributed by atoms with Gasteiger partial charge in [-0.05, 0) is 40.9 Å². The summed E-state index contributed by atoms with van der Waals surface area (Å²) in [5, 5.41) is 13.8. The number of nitrogen functional groups attached to an aromatic ring is 1. The largest absolute Gasteiger partial charge is 0.396 e. The van der Waals surface area contributed by atoms with Gasteiger partial charge in [-0.1, -0.05) is 19.9 Å². The predicted octanol–water partition coefficient (Wildman–Crippen LogP) is 3.21. The standard InChI is InChI=1S/C14H15BrN4/c1-3-11-14(17)12(4-2)19(18-11)13-7-5-6-10(15)9(13)8-16/h5-7H,3-4,17H2,1-2H3. The number of anilines is 1. The number of nitrogens with two attached hydrogens (primary N) is 1. The van der Waals surface area contributed by atoms with E-state index in [0.29, 0.717) is 5.56 Å². The van der Waals surface area contributed by atoms with E-state index in [4.69, 9.17) is 5.73 Å². The van der Waals surface area contributed by atoms with Gasteiger partial charge < -0.3 is 5.73 Å². The highest BCUT2D eigenvalue weighted by atomic mass is 79.9. The Morgan fingerprint density at radius 1 is 1.37 bits per heavy atom. The van der Waals surface area contributed by atoms with E-state index in [0.717, 1.165) is 40.1 Å². The molecule has 2 N–H and O–H groups in total. The SMILES string of the molecule is CCc1nn(-c2cccc(Br)c2C#N)c(CC)c1N. The maximum atomic E-state index is 9.31. The van der Waals surface area contributed by atoms with E-state index >= 15 is 0 Å². The number of benzene rings is 1. The first-order valence-corrected chi connectivity index (χ1v) is 6.98. The monoisotopic (exact) mass is 318 g/mol. The van der Waals surface area contributed by atoms with Crippen LogP contribution in [0.4, 0.5) is 5.69 Å². The van der Waals surface area contributed by atoms with Gasteiger partial charge in [-0.25, -0.2) is 4.68 Å². The lowest BCUT2D eigenvalue weighted by Gasteiger charge is -2.09. The molecule has 0 amide bonds. The Kier molecular flexibility index (Phi) is 3.91. The van der Waals surface area contributed by atoms with Crippen LogP contribution in [0.25, 0.3) is 5.69 Å². The number of hydrogen-bond acceptors (Lipinski definition) is 3. The lowest BCUT2D eigenvalue weighted by atomic mass is 10.2. The van der Waals surface area contributed by atoms with Crippen molar-refractivity contribution < 1.29 is 0 Å². The molecule has 0 saturated carbocycles. The molecule has 0 saturated heterocycles. The number of nitriles is 1. The number of aromatic nitrogens is 2. The summed E-state index contributed by atoms with van der Waals surface area (Å²) in [7, 11) is 0. The molecule has 0 fully saturated rings. The third-order valence-corrected chi connectivity index (χ3v) is 3.76. The molecular weight excluding hydrogens is 304 g/mol. The van der Waals surface area contributed by atoms with Gasteiger partial charge in [0.2, 0.25) is 0 Å². The highest BCUT2D eigenvalue weighted by Gasteiger charge is 2.17. The van der Waals surface area contributed by atoms with E-state index < -0.39 is 0 Å². The molecule has 1 aromatic carbocycles. The van der Waals surface area contributed by atoms with Crippen LogP contribution in [0.3, 0.4) is 0 Å². The van der Waals surface area contributed by atoms with Crippen LogP contribution in [0.5, 0.6) is 0 Å². The van der Waals surface area contributed by atoms with Crippen molar-refractivity contribution in [1.29, 1.82) is 5.26 Å². The van der Waals surface area contributed by atoms with Crippen molar-refractivity contribution in [3.8, 4) is 11.8 Å². The molecule has 4 nitrogen and oxygen atoms in total. The second-order valence-electron chi connectivity index (χ2n) is 4.17. The van der Waals surface area contributed by atoms with Crippen molar-refractivity contribution in [2.45, 2.75) is 26.7 Å². The molecule has 0 aliphatic carbocycles. The van der Waals surface area contributed by atoms with E-state index in [1.165, 1.54) is 0 Å². The molecule has 1 heterocycles. The van der Waals surface area contributed by atoms with E-state index in [2.05, 4.69) is 27.1 Å². The van der Waals surface area contributed by atoms with Crippen molar-refractivity contribution in [2.24, 2.45) is 0 Å². The van der Waals surface area contributed by atoms with Crippen LogP contribution in [0.15, 0.2) is 22.7 Å². The topological polar surface area (TPSA) is 67.6 Å². The van der Waals surface area contributed by atoms with Crippen molar-refractivity contribution in [3.63, 3.8) is 0 Å². The number of nitrogens with zero attached hydrogens (tertiary/aromatic N) is 3. The molecule has 0 aliphatic rings. The quantitative estimate of drug-likeness (QED) is 0.944. The van der Waals surface area contributed by atoms with Gasteiger partial charge in [-0.2, -0.15) is 10.4 Å². The van der Waals surface area contributed by atoms with E-state index in [-0.39, 0.29) is 0 Å². The first-order valence-electron chi connectivity index (χ1n) is 6.19. The van der Waals surface area contributed by atoms with Crippen LogP contribution in [-0.4, -0.2) is 9.78 Å². The zero-order valence-corrected chi connectivity index (χ0v) is 12.5. The van der Waals surface area contributed by atoms with E-state index in [9.17, 15) is 5.26 Å². The molecule has 0 aliphatic heterocycles. The summed E-state index contributed by atoms with van der Waals surface area (Å²) >= 11 is 3.40. The Labute approximate surface area is 121 Å². The maximum absolute atomic E-state index is 9.31. The lowest BCUT2D eigenvalue weighted by Crippen LogP contribution is -2.05. The molecule has 0 radical (unpaired) electrons. The third-order valence-electron chi connectivity index (χ3n) is 3.10. The molecule has 0 unspecified atom stereocenters. The molecule has 19 heavy (non-hydrogen) atoms. The fraction of sp³-hybridized carbons (Fsp3) is 0.286. The minimum absolute atomic E-state index is 0.572. The van der Waals surface area contributed by atoms with Gasteiger partial charge >= 0.3 is 0 Å². The summed E-state index contributed by atoms with van der Waals surface area (Å²) in [5.41, 5.74) is 10.0. The highest BCUT2D eigenvalue weighted by Crippen LogP contribution is 2.27. The fourth-order valence-electron chi connectivity index (χ4n) is 2.12. The van der Waals surface area contributed by atoms with E-state index in [1.807, 2.05) is 32.0 Å². The van der Waals surface area contributed by atoms with E-state index in [1.54, 1.807) is 4.68 Å². The number of aryl methyl sites for hydroxylation is 1. The molecule has 2 aromatic rings. The average molecular weight is 319 g/mol. The van der Waals surface area contributed by atoms with Gasteiger partial charge in [-0.3, -0.25) is 0 Å². The molecule has 0 atom stereocenters. The van der Waals surface area contributed by atoms with Crippen LogP contribution in [-0.2, 0) is 12.8 Å². The molecule has 0 spiro atoms. The van der Waals surface area contributed by atoms with Gasteiger partial charge in [0.05, 0.1) is 28.3 Å². The number of halogens is 1. The summed E-state index contributed by atoms with van der Waals surface area (Å²) in [4.78, 5) is 0. The van der Waals surface area contributed by atoms with Crippen molar-refractivity contribution in [1.82, 2.24) is 9.78 Å². The normalized spacial score (nSPS) is 10.4. The Morgan fingerprint density at radius 3 is 2.68 bits per heavy atom. The van der Waals surface area contributed by atoms with Crippen molar-refractivity contribution >= 4 is 21.6 Å². The first-order chi connectivity index (χ1) is 9.13. The lowest BCUT2D eigenvalue weighted by molar-refractivity contribution is 0.792. The zero-order chi connectivity index (χ0) is 14.0. The zero-order valence-electron chi connectivity index (χ0n) is 10.9. The van der Waals surface area contributed by atoms with Crippen LogP contribution < -0.4 is 5.73 Å². The first kappa shape index (κ1) is 13.6. The molecule has 1 aromatic heterocycles. The van der Waals surface area contributed by atoms with Gasteiger partial charge in [0.15, 0.2) is 0 Å².